The van der Waals surface area contributed by atoms with Crippen molar-refractivity contribution in [2.24, 2.45) is 23.7 Å². The van der Waals surface area contributed by atoms with Gasteiger partial charge in [0.2, 0.25) is 5.91 Å². The summed E-state index contributed by atoms with van der Waals surface area (Å²) in [7, 11) is 0. The van der Waals surface area contributed by atoms with Crippen molar-refractivity contribution in [3.05, 3.63) is 47.0 Å². The molecule has 1 aromatic carbocycles. The van der Waals surface area contributed by atoms with E-state index < -0.39 is 17.8 Å². The Bertz CT molecular complexity index is 628. The molecule has 4 nitrogen and oxygen atoms in total. The number of carboxylic acid groups (broad SMARTS) is 1. The summed E-state index contributed by atoms with van der Waals surface area (Å²) in [6, 6.07) is 7.51. The van der Waals surface area contributed by atoms with Gasteiger partial charge in [-0.2, -0.15) is 0 Å². The SMILES string of the molecule is O=C(O)[C@@H]1[C@@H](C(=O)NCCc2cccc(Cl)c2)[C@H]2C=C[C@@H]1C2. The Morgan fingerprint density at radius 1 is 1.23 bits per heavy atom. The van der Waals surface area contributed by atoms with Gasteiger partial charge in [-0.15, -0.1) is 0 Å². The summed E-state index contributed by atoms with van der Waals surface area (Å²) in [5.41, 5.74) is 1.05. The Balaban J connectivity index is 1.58. The normalized spacial score (nSPS) is 28.8. The van der Waals surface area contributed by atoms with Gasteiger partial charge < -0.3 is 10.4 Å². The highest BCUT2D eigenvalue weighted by molar-refractivity contribution is 6.30. The van der Waals surface area contributed by atoms with Crippen molar-refractivity contribution < 1.29 is 14.7 Å². The third-order valence-corrected chi connectivity index (χ3v) is 4.88. The maximum absolute atomic E-state index is 12.4. The van der Waals surface area contributed by atoms with Gasteiger partial charge in [0.25, 0.3) is 0 Å². The van der Waals surface area contributed by atoms with Crippen molar-refractivity contribution in [1.29, 1.82) is 0 Å². The van der Waals surface area contributed by atoms with Crippen LogP contribution in [0.3, 0.4) is 0 Å². The Hall–Kier alpha value is -1.81. The Labute approximate surface area is 134 Å². The quantitative estimate of drug-likeness (QED) is 0.820. The first kappa shape index (κ1) is 15.1. The minimum atomic E-state index is -0.869. The highest BCUT2D eigenvalue weighted by Gasteiger charge is 2.51. The number of carboxylic acids is 1. The van der Waals surface area contributed by atoms with E-state index in [0.29, 0.717) is 18.0 Å². The maximum atomic E-state index is 12.4. The summed E-state index contributed by atoms with van der Waals surface area (Å²) in [5.74, 6) is -1.96. The number of carbonyl (C=O) groups is 2. The van der Waals surface area contributed by atoms with E-state index in [1.165, 1.54) is 0 Å². The first-order chi connectivity index (χ1) is 10.6. The third-order valence-electron chi connectivity index (χ3n) is 4.65. The fraction of sp³-hybridized carbons (Fsp3) is 0.412. The summed E-state index contributed by atoms with van der Waals surface area (Å²) < 4.78 is 0. The van der Waals surface area contributed by atoms with Crippen LogP contribution in [0.5, 0.6) is 0 Å². The molecule has 2 N–H and O–H groups in total. The second kappa shape index (κ2) is 6.13. The molecule has 5 heteroatoms. The second-order valence-electron chi connectivity index (χ2n) is 6.01. The van der Waals surface area contributed by atoms with E-state index in [1.807, 2.05) is 36.4 Å². The lowest BCUT2D eigenvalue weighted by Gasteiger charge is -2.23. The average molecular weight is 320 g/mol. The fourth-order valence-electron chi connectivity index (χ4n) is 3.66. The Morgan fingerprint density at radius 3 is 2.64 bits per heavy atom. The van der Waals surface area contributed by atoms with E-state index in [9.17, 15) is 14.7 Å². The van der Waals surface area contributed by atoms with E-state index >= 15 is 0 Å². The number of halogens is 1. The number of hydrogen-bond acceptors (Lipinski definition) is 2. The molecular weight excluding hydrogens is 302 g/mol. The van der Waals surface area contributed by atoms with Crippen molar-refractivity contribution in [3.8, 4) is 0 Å². The van der Waals surface area contributed by atoms with Crippen LogP contribution in [0.15, 0.2) is 36.4 Å². The number of amides is 1. The molecule has 0 unspecified atom stereocenters. The molecule has 0 saturated heterocycles. The lowest BCUT2D eigenvalue weighted by molar-refractivity contribution is -0.147. The molecule has 116 valence electrons. The predicted octanol–water partition coefficient (Wildman–Crippen LogP) is 2.52. The fourth-order valence-corrected chi connectivity index (χ4v) is 3.87. The van der Waals surface area contributed by atoms with Gasteiger partial charge in [0.05, 0.1) is 11.8 Å². The smallest absolute Gasteiger partial charge is 0.307 e. The van der Waals surface area contributed by atoms with Gasteiger partial charge in [0, 0.05) is 11.6 Å². The van der Waals surface area contributed by atoms with Crippen molar-refractivity contribution >= 4 is 23.5 Å². The van der Waals surface area contributed by atoms with Gasteiger partial charge in [0.15, 0.2) is 0 Å². The summed E-state index contributed by atoms with van der Waals surface area (Å²) in [6.45, 7) is 0.489. The second-order valence-corrected chi connectivity index (χ2v) is 6.45. The number of carbonyl (C=O) groups excluding carboxylic acids is 1. The van der Waals surface area contributed by atoms with Crippen LogP contribution in [-0.2, 0) is 16.0 Å². The molecule has 0 heterocycles. The third kappa shape index (κ3) is 2.88. The molecule has 1 aromatic rings. The Kier molecular flexibility index (Phi) is 4.21. The molecule has 3 rings (SSSR count). The van der Waals surface area contributed by atoms with Crippen LogP contribution < -0.4 is 5.32 Å². The number of fused-ring (bicyclic) bond motifs is 2. The summed E-state index contributed by atoms with van der Waals surface area (Å²) in [6.07, 6.45) is 5.40. The molecule has 2 bridgehead atoms. The van der Waals surface area contributed by atoms with Gasteiger partial charge in [-0.25, -0.2) is 0 Å². The number of nitrogens with one attached hydrogen (secondary N) is 1. The largest absolute Gasteiger partial charge is 0.481 e. The number of hydrogen-bond donors (Lipinski definition) is 2. The minimum absolute atomic E-state index is 0.00572. The Morgan fingerprint density at radius 2 is 1.95 bits per heavy atom. The topological polar surface area (TPSA) is 66.4 Å². The van der Waals surface area contributed by atoms with Crippen LogP contribution in [0, 0.1) is 23.7 Å². The number of rotatable bonds is 5. The predicted molar refractivity (Wildman–Crippen MR) is 83.5 cm³/mol. The van der Waals surface area contributed by atoms with Crippen molar-refractivity contribution in [2.75, 3.05) is 6.54 Å². The zero-order chi connectivity index (χ0) is 15.7. The monoisotopic (exact) mass is 319 g/mol. The van der Waals surface area contributed by atoms with E-state index in [1.54, 1.807) is 0 Å². The highest BCUT2D eigenvalue weighted by atomic mass is 35.5. The molecule has 1 saturated carbocycles. The van der Waals surface area contributed by atoms with Crippen molar-refractivity contribution in [2.45, 2.75) is 12.8 Å². The molecule has 2 aliphatic carbocycles. The minimum Gasteiger partial charge on any atom is -0.481 e. The molecule has 2 aliphatic rings. The van der Waals surface area contributed by atoms with Crippen LogP contribution in [0.1, 0.15) is 12.0 Å². The number of allylic oxidation sites excluding steroid dienone is 2. The number of benzene rings is 1. The van der Waals surface area contributed by atoms with Gasteiger partial charge in [-0.3, -0.25) is 9.59 Å². The average Bonchev–Trinajstić information content (AvgIpc) is 3.07. The zero-order valence-electron chi connectivity index (χ0n) is 12.0. The summed E-state index contributed by atoms with van der Waals surface area (Å²) >= 11 is 5.93. The zero-order valence-corrected chi connectivity index (χ0v) is 12.8. The van der Waals surface area contributed by atoms with E-state index in [4.69, 9.17) is 11.6 Å². The van der Waals surface area contributed by atoms with Gasteiger partial charge in [0.1, 0.15) is 0 Å². The standard InChI is InChI=1S/C17H18ClNO3/c18-13-3-1-2-10(8-13)6-7-19-16(20)14-11-4-5-12(9-11)15(14)17(21)22/h1-5,8,11-12,14-15H,6-7,9H2,(H,19,20)(H,21,22)/t11-,12+,14-,15-/m0/s1. The first-order valence-electron chi connectivity index (χ1n) is 7.49. The molecule has 0 aromatic heterocycles. The van der Waals surface area contributed by atoms with Crippen LogP contribution in [-0.4, -0.2) is 23.5 Å². The molecule has 1 fully saturated rings. The molecule has 0 aliphatic heterocycles. The lowest BCUT2D eigenvalue weighted by Crippen LogP contribution is -2.40. The van der Waals surface area contributed by atoms with Crippen LogP contribution in [0.4, 0.5) is 0 Å². The maximum Gasteiger partial charge on any atom is 0.307 e. The molecular formula is C17H18ClNO3. The first-order valence-corrected chi connectivity index (χ1v) is 7.87. The van der Waals surface area contributed by atoms with Gasteiger partial charge in [-0.1, -0.05) is 35.9 Å². The number of aliphatic carboxylic acids is 1. The van der Waals surface area contributed by atoms with Crippen LogP contribution in [0.25, 0.3) is 0 Å². The molecule has 0 spiro atoms. The van der Waals surface area contributed by atoms with Crippen molar-refractivity contribution in [3.63, 3.8) is 0 Å². The highest BCUT2D eigenvalue weighted by Crippen LogP contribution is 2.48. The molecule has 1 amide bonds. The summed E-state index contributed by atoms with van der Waals surface area (Å²) in [5, 5.41) is 12.9. The lowest BCUT2D eigenvalue weighted by atomic mass is 9.82. The molecule has 22 heavy (non-hydrogen) atoms. The van der Waals surface area contributed by atoms with Gasteiger partial charge >= 0.3 is 5.97 Å². The van der Waals surface area contributed by atoms with E-state index in [-0.39, 0.29) is 17.7 Å². The van der Waals surface area contributed by atoms with Crippen LogP contribution >= 0.6 is 11.6 Å². The summed E-state index contributed by atoms with van der Waals surface area (Å²) in [4.78, 5) is 23.8. The van der Waals surface area contributed by atoms with E-state index in [0.717, 1.165) is 12.0 Å². The molecule has 4 atom stereocenters. The van der Waals surface area contributed by atoms with Gasteiger partial charge in [-0.05, 0) is 42.4 Å². The molecule has 0 radical (unpaired) electrons. The van der Waals surface area contributed by atoms with Crippen molar-refractivity contribution in [1.82, 2.24) is 5.32 Å². The van der Waals surface area contributed by atoms with Crippen LogP contribution in [0.2, 0.25) is 5.02 Å². The van der Waals surface area contributed by atoms with E-state index in [2.05, 4.69) is 5.32 Å².